The fourth-order valence-electron chi connectivity index (χ4n) is 3.93. The Kier molecular flexibility index (Phi) is 7.38. The molecule has 186 valence electrons. The van der Waals surface area contributed by atoms with Crippen molar-refractivity contribution in [1.29, 1.82) is 0 Å². The van der Waals surface area contributed by atoms with Gasteiger partial charge in [0.05, 0.1) is 30.9 Å². The molecule has 2 heterocycles. The maximum absolute atomic E-state index is 13.7. The van der Waals surface area contributed by atoms with Gasteiger partial charge in [-0.2, -0.15) is 8.75 Å². The Bertz CT molecular complexity index is 1540. The lowest BCUT2D eigenvalue weighted by Crippen LogP contribution is -1.83. The molecule has 8 heteroatoms. The largest absolute Gasteiger partial charge is 0.207 e. The lowest BCUT2D eigenvalue weighted by Gasteiger charge is -2.09. The topological polar surface area (TPSA) is 25.8 Å². The van der Waals surface area contributed by atoms with Crippen LogP contribution in [0.1, 0.15) is 0 Å². The van der Waals surface area contributed by atoms with Gasteiger partial charge in [0, 0.05) is 11.1 Å². The minimum absolute atomic E-state index is 0.272. The number of hydrogen-bond acceptors (Lipinski definition) is 6. The van der Waals surface area contributed by atoms with Gasteiger partial charge in [0.15, 0.2) is 0 Å². The third-order valence-electron chi connectivity index (χ3n) is 5.81. The van der Waals surface area contributed by atoms with E-state index < -0.39 is 0 Å². The minimum Gasteiger partial charge on any atom is -0.207 e. The van der Waals surface area contributed by atoms with E-state index in [0.717, 1.165) is 53.2 Å². The number of aromatic nitrogens is 2. The number of benzene rings is 4. The van der Waals surface area contributed by atoms with Gasteiger partial charge in [0.1, 0.15) is 11.6 Å². The summed E-state index contributed by atoms with van der Waals surface area (Å²) in [5, 5.41) is 0. The zero-order chi connectivity index (χ0) is 25.9. The van der Waals surface area contributed by atoms with E-state index in [0.29, 0.717) is 0 Å². The van der Waals surface area contributed by atoms with Crippen molar-refractivity contribution in [3.8, 4) is 43.4 Å². The van der Waals surface area contributed by atoms with E-state index in [9.17, 15) is 8.78 Å². The molecule has 0 N–H and O–H groups in total. The molecule has 2 aromatic heterocycles. The minimum atomic E-state index is -0.272. The summed E-state index contributed by atoms with van der Waals surface area (Å²) in [7, 11) is 3.23. The van der Waals surface area contributed by atoms with E-state index in [1.165, 1.54) is 47.3 Å². The van der Waals surface area contributed by atoms with Crippen LogP contribution in [0.3, 0.4) is 0 Å². The van der Waals surface area contributed by atoms with Crippen molar-refractivity contribution in [2.75, 3.05) is 0 Å². The van der Waals surface area contributed by atoms with Crippen LogP contribution in [-0.4, -0.2) is 8.75 Å². The van der Waals surface area contributed by atoms with Crippen molar-refractivity contribution < 1.29 is 8.78 Å². The highest BCUT2D eigenvalue weighted by Crippen LogP contribution is 2.53. The fraction of sp³-hybridized carbons (Fsp3) is 0. The molecule has 4 aromatic carbocycles. The molecule has 0 fully saturated rings. The zero-order valence-corrected chi connectivity index (χ0v) is 22.9. The normalized spacial score (nSPS) is 11.1. The summed E-state index contributed by atoms with van der Waals surface area (Å²) in [6.07, 6.45) is 0. The van der Waals surface area contributed by atoms with Crippen molar-refractivity contribution in [2.24, 2.45) is 0 Å². The highest BCUT2D eigenvalue weighted by atomic mass is 33.1. The van der Waals surface area contributed by atoms with Crippen LogP contribution in [0.5, 0.6) is 0 Å². The summed E-state index contributed by atoms with van der Waals surface area (Å²) >= 11 is 2.82. The van der Waals surface area contributed by atoms with E-state index in [2.05, 4.69) is 0 Å². The van der Waals surface area contributed by atoms with Crippen LogP contribution in [-0.2, 0) is 0 Å². The van der Waals surface area contributed by atoms with E-state index in [4.69, 9.17) is 8.75 Å². The van der Waals surface area contributed by atoms with E-state index >= 15 is 0 Å². The molecule has 0 bridgehead atoms. The van der Waals surface area contributed by atoms with Crippen molar-refractivity contribution >= 4 is 44.7 Å². The standard InChI is InChI=1S/C30H18F2N2S4/c31-23-15-11-21(12-16-23)27-29(25(33-35-27)19-7-3-1-4-8-19)37-38-30-26(20-9-5-2-6-10-20)34-36-28(30)22-13-17-24(32)18-14-22/h1-18H. The van der Waals surface area contributed by atoms with Gasteiger partial charge in [-0.05, 0) is 80.0 Å². The molecule has 6 rings (SSSR count). The van der Waals surface area contributed by atoms with Crippen LogP contribution in [0.2, 0.25) is 0 Å². The van der Waals surface area contributed by atoms with Gasteiger partial charge in [-0.3, -0.25) is 0 Å². The molecule has 6 aromatic rings. The van der Waals surface area contributed by atoms with Gasteiger partial charge in [-0.1, -0.05) is 84.9 Å². The summed E-state index contributed by atoms with van der Waals surface area (Å²) < 4.78 is 37.0. The lowest BCUT2D eigenvalue weighted by molar-refractivity contribution is 0.627. The Labute approximate surface area is 235 Å². The first-order valence-electron chi connectivity index (χ1n) is 11.6. The first kappa shape index (κ1) is 25.0. The van der Waals surface area contributed by atoms with Crippen LogP contribution in [0.15, 0.2) is 119 Å². The molecule has 0 aliphatic carbocycles. The highest BCUT2D eigenvalue weighted by molar-refractivity contribution is 8.76. The van der Waals surface area contributed by atoms with Crippen LogP contribution >= 0.6 is 44.7 Å². The van der Waals surface area contributed by atoms with Gasteiger partial charge in [-0.15, -0.1) is 0 Å². The number of rotatable bonds is 7. The molecule has 0 saturated heterocycles. The lowest BCUT2D eigenvalue weighted by atomic mass is 10.1. The number of hydrogen-bond donors (Lipinski definition) is 0. The average Bonchev–Trinajstić information content (AvgIpc) is 3.58. The summed E-state index contributed by atoms with van der Waals surface area (Å²) in [6, 6.07) is 33.2. The molecule has 0 aliphatic rings. The Balaban J connectivity index is 1.44. The zero-order valence-electron chi connectivity index (χ0n) is 19.7. The van der Waals surface area contributed by atoms with E-state index in [1.807, 2.05) is 60.7 Å². The molecule has 0 amide bonds. The van der Waals surface area contributed by atoms with Gasteiger partial charge in [0.25, 0.3) is 0 Å². The van der Waals surface area contributed by atoms with Crippen molar-refractivity contribution in [3.63, 3.8) is 0 Å². The fourth-order valence-corrected chi connectivity index (χ4v) is 8.95. The molecule has 0 atom stereocenters. The molecule has 2 nitrogen and oxygen atoms in total. The smallest absolute Gasteiger partial charge is 0.123 e. The number of halogens is 2. The second-order valence-electron chi connectivity index (χ2n) is 8.29. The first-order valence-corrected chi connectivity index (χ1v) is 15.3. The molecule has 0 aliphatic heterocycles. The molecular formula is C30H18F2N2S4. The molecule has 0 radical (unpaired) electrons. The predicted molar refractivity (Wildman–Crippen MR) is 158 cm³/mol. The first-order chi connectivity index (χ1) is 18.7. The summed E-state index contributed by atoms with van der Waals surface area (Å²) in [6.45, 7) is 0. The Morgan fingerprint density at radius 2 is 0.816 bits per heavy atom. The van der Waals surface area contributed by atoms with E-state index in [1.54, 1.807) is 45.9 Å². The molecule has 0 spiro atoms. The van der Waals surface area contributed by atoms with Crippen LogP contribution in [0, 0.1) is 11.6 Å². The van der Waals surface area contributed by atoms with Crippen LogP contribution < -0.4 is 0 Å². The molecule has 0 unspecified atom stereocenters. The Morgan fingerprint density at radius 3 is 1.18 bits per heavy atom. The van der Waals surface area contributed by atoms with Crippen molar-refractivity contribution in [1.82, 2.24) is 8.75 Å². The van der Waals surface area contributed by atoms with Gasteiger partial charge >= 0.3 is 0 Å². The SMILES string of the molecule is Fc1ccc(-c2snc(-c3ccccc3)c2SSc2c(-c3ccccc3)nsc2-c2ccc(F)cc2)cc1. The molecular weight excluding hydrogens is 555 g/mol. The third kappa shape index (κ3) is 5.17. The predicted octanol–water partition coefficient (Wildman–Crippen LogP) is 10.3. The Morgan fingerprint density at radius 1 is 0.447 bits per heavy atom. The second kappa shape index (κ2) is 11.2. The van der Waals surface area contributed by atoms with Gasteiger partial charge in [0.2, 0.25) is 0 Å². The summed E-state index contributed by atoms with van der Waals surface area (Å²) in [4.78, 5) is 3.98. The summed E-state index contributed by atoms with van der Waals surface area (Å²) in [5.41, 5.74) is 5.65. The number of nitrogens with zero attached hydrogens (tertiary/aromatic N) is 2. The molecule has 38 heavy (non-hydrogen) atoms. The maximum atomic E-state index is 13.7. The van der Waals surface area contributed by atoms with Crippen molar-refractivity contribution in [2.45, 2.75) is 9.79 Å². The highest BCUT2D eigenvalue weighted by Gasteiger charge is 2.22. The van der Waals surface area contributed by atoms with Crippen LogP contribution in [0.25, 0.3) is 43.4 Å². The van der Waals surface area contributed by atoms with Crippen molar-refractivity contribution in [3.05, 3.63) is 121 Å². The van der Waals surface area contributed by atoms with E-state index in [-0.39, 0.29) is 11.6 Å². The van der Waals surface area contributed by atoms with Crippen LogP contribution in [0.4, 0.5) is 8.78 Å². The maximum Gasteiger partial charge on any atom is 0.123 e. The monoisotopic (exact) mass is 572 g/mol. The average molecular weight is 573 g/mol. The quantitative estimate of drug-likeness (QED) is 0.178. The third-order valence-corrected chi connectivity index (χ3v) is 10.3. The summed E-state index contributed by atoms with van der Waals surface area (Å²) in [5.74, 6) is -0.545. The van der Waals surface area contributed by atoms with Gasteiger partial charge in [-0.25, -0.2) is 8.78 Å². The second-order valence-corrected chi connectivity index (χ2v) is 12.0. The molecule has 0 saturated carbocycles. The Hall–Kier alpha value is -3.30. The van der Waals surface area contributed by atoms with Gasteiger partial charge < -0.3 is 0 Å².